The Kier molecular flexibility index (Phi) is 7.96. The molecule has 0 aromatic heterocycles. The van der Waals surface area contributed by atoms with Crippen LogP contribution in [-0.2, 0) is 14.2 Å². The zero-order chi connectivity index (χ0) is 11.7. The lowest BCUT2D eigenvalue weighted by Gasteiger charge is -2.19. The van der Waals surface area contributed by atoms with E-state index in [-0.39, 0.29) is 11.6 Å². The summed E-state index contributed by atoms with van der Waals surface area (Å²) in [7, 11) is 1.66. The highest BCUT2D eigenvalue weighted by atomic mass is 16.7. The van der Waals surface area contributed by atoms with Crippen LogP contribution in [0.15, 0.2) is 0 Å². The molecule has 4 nitrogen and oxygen atoms in total. The molecule has 0 saturated carbocycles. The average molecular weight is 219 g/mol. The average Bonchev–Trinajstić information content (AvgIpc) is 2.09. The van der Waals surface area contributed by atoms with Crippen LogP contribution in [0.5, 0.6) is 0 Å². The first kappa shape index (κ1) is 14.8. The maximum atomic E-state index is 5.76. The molecule has 0 bridgehead atoms. The van der Waals surface area contributed by atoms with Crippen molar-refractivity contribution in [1.82, 2.24) is 0 Å². The van der Waals surface area contributed by atoms with Crippen molar-refractivity contribution >= 4 is 0 Å². The van der Waals surface area contributed by atoms with E-state index in [0.717, 1.165) is 12.8 Å². The van der Waals surface area contributed by atoms with Crippen molar-refractivity contribution in [2.75, 3.05) is 27.1 Å². The molecule has 0 saturated heterocycles. The van der Waals surface area contributed by atoms with Gasteiger partial charge in [0.25, 0.3) is 0 Å². The standard InChI is InChI=1S/C11H25NO3/c1-11(2,3)15-9-14-7-5-6-10(12)8-13-4/h10H,5-9,12H2,1-4H3/t10-/m1/s1. The van der Waals surface area contributed by atoms with Gasteiger partial charge in [0.2, 0.25) is 0 Å². The van der Waals surface area contributed by atoms with Gasteiger partial charge in [-0.05, 0) is 33.6 Å². The van der Waals surface area contributed by atoms with E-state index in [4.69, 9.17) is 19.9 Å². The van der Waals surface area contributed by atoms with Crippen molar-refractivity contribution in [3.8, 4) is 0 Å². The molecule has 0 heterocycles. The summed E-state index contributed by atoms with van der Waals surface area (Å²) in [6, 6.07) is 0.113. The summed E-state index contributed by atoms with van der Waals surface area (Å²) >= 11 is 0. The third kappa shape index (κ3) is 11.8. The second-order valence-electron chi connectivity index (χ2n) is 4.64. The zero-order valence-corrected chi connectivity index (χ0v) is 10.4. The number of methoxy groups -OCH3 is 1. The lowest BCUT2D eigenvalue weighted by atomic mass is 10.2. The predicted octanol–water partition coefficient (Wildman–Crippen LogP) is 1.53. The Labute approximate surface area is 93.1 Å². The Bertz CT molecular complexity index is 145. The first-order valence-corrected chi connectivity index (χ1v) is 5.42. The van der Waals surface area contributed by atoms with E-state index in [2.05, 4.69) is 0 Å². The van der Waals surface area contributed by atoms with Crippen molar-refractivity contribution in [3.63, 3.8) is 0 Å². The molecule has 0 rings (SSSR count). The van der Waals surface area contributed by atoms with Crippen LogP contribution in [0, 0.1) is 0 Å². The highest BCUT2D eigenvalue weighted by Gasteiger charge is 2.09. The van der Waals surface area contributed by atoms with E-state index in [9.17, 15) is 0 Å². The van der Waals surface area contributed by atoms with Gasteiger partial charge >= 0.3 is 0 Å². The first-order valence-electron chi connectivity index (χ1n) is 5.42. The van der Waals surface area contributed by atoms with E-state index in [0.29, 0.717) is 20.0 Å². The molecule has 0 fully saturated rings. The Morgan fingerprint density at radius 2 is 1.93 bits per heavy atom. The number of ether oxygens (including phenoxy) is 3. The summed E-state index contributed by atoms with van der Waals surface area (Å²) < 4.78 is 15.7. The minimum atomic E-state index is -0.132. The topological polar surface area (TPSA) is 53.7 Å². The molecule has 4 heteroatoms. The maximum absolute atomic E-state index is 5.76. The fraction of sp³-hybridized carbons (Fsp3) is 1.00. The maximum Gasteiger partial charge on any atom is 0.147 e. The van der Waals surface area contributed by atoms with Gasteiger partial charge in [0.15, 0.2) is 0 Å². The summed E-state index contributed by atoms with van der Waals surface area (Å²) in [6.07, 6.45) is 1.86. The van der Waals surface area contributed by atoms with Crippen LogP contribution in [-0.4, -0.2) is 38.8 Å². The highest BCUT2D eigenvalue weighted by Crippen LogP contribution is 2.06. The second-order valence-corrected chi connectivity index (χ2v) is 4.64. The molecule has 0 amide bonds. The lowest BCUT2D eigenvalue weighted by Crippen LogP contribution is -2.26. The third-order valence-corrected chi connectivity index (χ3v) is 1.82. The van der Waals surface area contributed by atoms with Gasteiger partial charge in [-0.25, -0.2) is 0 Å². The van der Waals surface area contributed by atoms with Crippen molar-refractivity contribution in [2.45, 2.75) is 45.3 Å². The summed E-state index contributed by atoms with van der Waals surface area (Å²) in [5.74, 6) is 0. The molecule has 1 atom stereocenters. The molecule has 0 aliphatic rings. The Balaban J connectivity index is 3.18. The smallest absolute Gasteiger partial charge is 0.147 e. The van der Waals surface area contributed by atoms with Gasteiger partial charge in [-0.3, -0.25) is 0 Å². The van der Waals surface area contributed by atoms with Crippen LogP contribution in [0.3, 0.4) is 0 Å². The Hall–Kier alpha value is -0.160. The Morgan fingerprint density at radius 1 is 1.27 bits per heavy atom. The fourth-order valence-electron chi connectivity index (χ4n) is 1.02. The highest BCUT2D eigenvalue weighted by molar-refractivity contribution is 4.59. The van der Waals surface area contributed by atoms with E-state index in [1.165, 1.54) is 0 Å². The molecule has 2 N–H and O–H groups in total. The number of nitrogens with two attached hydrogens (primary N) is 1. The summed E-state index contributed by atoms with van der Waals surface area (Å²) in [5, 5.41) is 0. The number of hydrogen-bond acceptors (Lipinski definition) is 4. The molecular weight excluding hydrogens is 194 g/mol. The van der Waals surface area contributed by atoms with Gasteiger partial charge in [-0.2, -0.15) is 0 Å². The van der Waals surface area contributed by atoms with Crippen LogP contribution >= 0.6 is 0 Å². The van der Waals surface area contributed by atoms with Crippen LogP contribution in [0.1, 0.15) is 33.6 Å². The van der Waals surface area contributed by atoms with Crippen molar-refractivity contribution in [3.05, 3.63) is 0 Å². The molecule has 0 spiro atoms. The normalized spacial score (nSPS) is 14.2. The van der Waals surface area contributed by atoms with Crippen molar-refractivity contribution in [2.24, 2.45) is 5.73 Å². The van der Waals surface area contributed by atoms with Gasteiger partial charge in [-0.15, -0.1) is 0 Å². The van der Waals surface area contributed by atoms with Crippen LogP contribution in [0.4, 0.5) is 0 Å². The Morgan fingerprint density at radius 3 is 2.47 bits per heavy atom. The van der Waals surface area contributed by atoms with Gasteiger partial charge in [0, 0.05) is 19.8 Å². The lowest BCUT2D eigenvalue weighted by molar-refractivity contribution is -0.120. The van der Waals surface area contributed by atoms with Gasteiger partial charge in [0.05, 0.1) is 12.2 Å². The van der Waals surface area contributed by atoms with Gasteiger partial charge in [-0.1, -0.05) is 0 Å². The largest absolute Gasteiger partial charge is 0.383 e. The van der Waals surface area contributed by atoms with E-state index >= 15 is 0 Å². The number of rotatable bonds is 8. The van der Waals surface area contributed by atoms with E-state index < -0.39 is 0 Å². The second kappa shape index (κ2) is 8.05. The molecule has 0 radical (unpaired) electrons. The van der Waals surface area contributed by atoms with Gasteiger partial charge < -0.3 is 19.9 Å². The molecule has 15 heavy (non-hydrogen) atoms. The third-order valence-electron chi connectivity index (χ3n) is 1.82. The van der Waals surface area contributed by atoms with Crippen LogP contribution in [0.2, 0.25) is 0 Å². The summed E-state index contributed by atoms with van der Waals surface area (Å²) in [4.78, 5) is 0. The van der Waals surface area contributed by atoms with E-state index in [1.807, 2.05) is 20.8 Å². The zero-order valence-electron chi connectivity index (χ0n) is 10.4. The number of hydrogen-bond donors (Lipinski definition) is 1. The monoisotopic (exact) mass is 219 g/mol. The SMILES string of the molecule is COC[C@H](N)CCCOCOC(C)(C)C. The minimum Gasteiger partial charge on any atom is -0.383 e. The minimum absolute atomic E-state index is 0.113. The molecule has 0 aromatic carbocycles. The van der Waals surface area contributed by atoms with Crippen LogP contribution in [0.25, 0.3) is 0 Å². The quantitative estimate of drug-likeness (QED) is 0.497. The molecule has 0 aliphatic carbocycles. The molecular formula is C11H25NO3. The molecule has 0 aliphatic heterocycles. The van der Waals surface area contributed by atoms with Crippen molar-refractivity contribution < 1.29 is 14.2 Å². The van der Waals surface area contributed by atoms with E-state index in [1.54, 1.807) is 7.11 Å². The first-order chi connectivity index (χ1) is 6.95. The summed E-state index contributed by atoms with van der Waals surface area (Å²) in [5.41, 5.74) is 5.62. The van der Waals surface area contributed by atoms with Crippen molar-refractivity contribution in [1.29, 1.82) is 0 Å². The fourth-order valence-corrected chi connectivity index (χ4v) is 1.02. The molecule has 92 valence electrons. The molecule has 0 unspecified atom stereocenters. The summed E-state index contributed by atoms with van der Waals surface area (Å²) in [6.45, 7) is 7.66. The van der Waals surface area contributed by atoms with Crippen LogP contribution < -0.4 is 5.73 Å². The molecule has 0 aromatic rings. The van der Waals surface area contributed by atoms with Gasteiger partial charge in [0.1, 0.15) is 6.79 Å². The predicted molar refractivity (Wildman–Crippen MR) is 60.7 cm³/mol.